The van der Waals surface area contributed by atoms with Gasteiger partial charge in [0.25, 0.3) is 0 Å². The number of allylic oxidation sites excluding steroid dienone is 2. The van der Waals surface area contributed by atoms with Crippen molar-refractivity contribution in [2.75, 3.05) is 47.1 Å². The van der Waals surface area contributed by atoms with Crippen LogP contribution in [-0.2, 0) is 28.5 Å². The lowest BCUT2D eigenvalue weighted by Crippen LogP contribution is -2.20. The molecule has 7 nitrogen and oxygen atoms in total. The molecule has 2 atom stereocenters. The van der Waals surface area contributed by atoms with Crippen molar-refractivity contribution in [1.82, 2.24) is 4.90 Å². The van der Waals surface area contributed by atoms with E-state index in [9.17, 15) is 4.79 Å². The fraction of sp³-hybridized carbons (Fsp3) is 0.889. The molecule has 0 radical (unpaired) electrons. The molecule has 0 aromatic carbocycles. The van der Waals surface area contributed by atoms with Gasteiger partial charge in [0.15, 0.2) is 12.6 Å². The molecule has 0 aliphatic rings. The minimum Gasteiger partial charge on any atom is -0.462 e. The van der Waals surface area contributed by atoms with E-state index >= 15 is 0 Å². The summed E-state index contributed by atoms with van der Waals surface area (Å²) >= 11 is 0. The second kappa shape index (κ2) is 40.9. The molecule has 52 heavy (non-hydrogen) atoms. The summed E-state index contributed by atoms with van der Waals surface area (Å²) in [6.07, 6.45) is 38.6. The van der Waals surface area contributed by atoms with Crippen molar-refractivity contribution in [2.45, 2.75) is 213 Å². The molecular formula is C45H87NO6. The van der Waals surface area contributed by atoms with Crippen LogP contribution in [0.15, 0.2) is 24.3 Å². The number of ether oxygens (including phenoxy) is 5. The number of carbonyl (C=O) groups excluding carboxylic acids is 1. The first-order chi connectivity index (χ1) is 25.4. The highest BCUT2D eigenvalue weighted by atomic mass is 16.7. The van der Waals surface area contributed by atoms with Crippen LogP contribution in [0.2, 0.25) is 0 Å². The van der Waals surface area contributed by atoms with E-state index in [1.807, 2.05) is 27.9 Å². The molecule has 0 N–H and O–H groups in total. The molecule has 0 aromatic heterocycles. The predicted octanol–water partition coefficient (Wildman–Crippen LogP) is 12.5. The highest BCUT2D eigenvalue weighted by Gasteiger charge is 2.14. The maximum atomic E-state index is 12.6. The lowest BCUT2D eigenvalue weighted by Gasteiger charge is -2.18. The SMILES string of the molecule is CCCCCC/C=C\COC(C)OCCCCCCCCC(CCCCCCCCOC(C)OC/C=C\CCCCCC)OC(=O)CCCN(C)C. The molecule has 0 rings (SSSR count). The molecule has 2 unspecified atom stereocenters. The van der Waals surface area contributed by atoms with Crippen LogP contribution >= 0.6 is 0 Å². The molecular weight excluding hydrogens is 650 g/mol. The second-order valence-corrected chi connectivity index (χ2v) is 15.0. The van der Waals surface area contributed by atoms with Crippen LogP contribution in [0.5, 0.6) is 0 Å². The van der Waals surface area contributed by atoms with Gasteiger partial charge in [0.05, 0.1) is 13.2 Å². The van der Waals surface area contributed by atoms with Crippen molar-refractivity contribution >= 4 is 5.97 Å². The van der Waals surface area contributed by atoms with E-state index in [1.165, 1.54) is 103 Å². The fourth-order valence-corrected chi connectivity index (χ4v) is 6.14. The molecule has 0 saturated carbocycles. The number of carbonyl (C=O) groups is 1. The predicted molar refractivity (Wildman–Crippen MR) is 221 cm³/mol. The molecule has 0 bridgehead atoms. The van der Waals surface area contributed by atoms with E-state index in [0.29, 0.717) is 19.6 Å². The Hall–Kier alpha value is -1.25. The van der Waals surface area contributed by atoms with Gasteiger partial charge in [0, 0.05) is 19.6 Å². The summed E-state index contributed by atoms with van der Waals surface area (Å²) in [7, 11) is 4.09. The van der Waals surface area contributed by atoms with Crippen molar-refractivity contribution in [3.63, 3.8) is 0 Å². The van der Waals surface area contributed by atoms with Crippen molar-refractivity contribution in [3.8, 4) is 0 Å². The molecule has 0 amide bonds. The molecule has 0 heterocycles. The van der Waals surface area contributed by atoms with E-state index in [1.54, 1.807) is 0 Å². The minimum absolute atomic E-state index is 0.0277. The normalized spacial score (nSPS) is 13.8. The molecule has 0 aliphatic carbocycles. The van der Waals surface area contributed by atoms with Crippen molar-refractivity contribution in [3.05, 3.63) is 24.3 Å². The third-order valence-electron chi connectivity index (χ3n) is 9.47. The summed E-state index contributed by atoms with van der Waals surface area (Å²) in [6.45, 7) is 12.2. The zero-order valence-electron chi connectivity index (χ0n) is 35.4. The van der Waals surface area contributed by atoms with Gasteiger partial charge in [-0.25, -0.2) is 0 Å². The van der Waals surface area contributed by atoms with Crippen LogP contribution in [0.4, 0.5) is 0 Å². The van der Waals surface area contributed by atoms with Crippen LogP contribution in [0.3, 0.4) is 0 Å². The van der Waals surface area contributed by atoms with Crippen molar-refractivity contribution in [1.29, 1.82) is 0 Å². The Morgan fingerprint density at radius 1 is 0.519 bits per heavy atom. The molecule has 0 saturated heterocycles. The molecule has 0 spiro atoms. The summed E-state index contributed by atoms with van der Waals surface area (Å²) in [6, 6.07) is 0. The average molecular weight is 738 g/mol. The number of rotatable bonds is 41. The van der Waals surface area contributed by atoms with E-state index in [2.05, 4.69) is 43.1 Å². The number of nitrogens with zero attached hydrogens (tertiary/aromatic N) is 1. The third kappa shape index (κ3) is 39.9. The van der Waals surface area contributed by atoms with Crippen molar-refractivity contribution < 1.29 is 28.5 Å². The third-order valence-corrected chi connectivity index (χ3v) is 9.47. The molecule has 7 heteroatoms. The van der Waals surface area contributed by atoms with E-state index in [-0.39, 0.29) is 24.7 Å². The zero-order chi connectivity index (χ0) is 38.2. The van der Waals surface area contributed by atoms with Gasteiger partial charge >= 0.3 is 5.97 Å². The first-order valence-electron chi connectivity index (χ1n) is 22.0. The Kier molecular flexibility index (Phi) is 39.9. The van der Waals surface area contributed by atoms with Gasteiger partial charge in [-0.3, -0.25) is 4.79 Å². The first-order valence-corrected chi connectivity index (χ1v) is 22.0. The summed E-state index contributed by atoms with van der Waals surface area (Å²) in [4.78, 5) is 14.7. The van der Waals surface area contributed by atoms with Gasteiger partial charge < -0.3 is 28.6 Å². The summed E-state index contributed by atoms with van der Waals surface area (Å²) in [5, 5.41) is 0. The lowest BCUT2D eigenvalue weighted by molar-refractivity contribution is -0.150. The quantitative estimate of drug-likeness (QED) is 0.0268. The van der Waals surface area contributed by atoms with E-state index < -0.39 is 0 Å². The van der Waals surface area contributed by atoms with E-state index in [0.717, 1.165) is 77.5 Å². The summed E-state index contributed by atoms with van der Waals surface area (Å²) in [5.41, 5.74) is 0. The Morgan fingerprint density at radius 2 is 0.942 bits per heavy atom. The van der Waals surface area contributed by atoms with Gasteiger partial charge in [-0.1, -0.05) is 128 Å². The number of hydrogen-bond acceptors (Lipinski definition) is 7. The highest BCUT2D eigenvalue weighted by Crippen LogP contribution is 2.18. The minimum atomic E-state index is -0.149. The Balaban J connectivity index is 4.02. The van der Waals surface area contributed by atoms with Crippen LogP contribution in [0.25, 0.3) is 0 Å². The number of unbranched alkanes of at least 4 members (excludes halogenated alkanes) is 18. The maximum absolute atomic E-state index is 12.6. The van der Waals surface area contributed by atoms with Gasteiger partial charge in [-0.15, -0.1) is 0 Å². The second-order valence-electron chi connectivity index (χ2n) is 15.0. The first kappa shape index (κ1) is 50.8. The van der Waals surface area contributed by atoms with Crippen LogP contribution in [0, 0.1) is 0 Å². The molecule has 0 aliphatic heterocycles. The van der Waals surface area contributed by atoms with Crippen LogP contribution in [0.1, 0.15) is 195 Å². The van der Waals surface area contributed by atoms with Gasteiger partial charge in [0.2, 0.25) is 0 Å². The molecule has 0 aromatic rings. The van der Waals surface area contributed by atoms with E-state index in [4.69, 9.17) is 23.7 Å². The topological polar surface area (TPSA) is 66.5 Å². The average Bonchev–Trinajstić information content (AvgIpc) is 3.12. The Morgan fingerprint density at radius 3 is 1.38 bits per heavy atom. The Bertz CT molecular complexity index is 738. The summed E-state index contributed by atoms with van der Waals surface area (Å²) in [5.74, 6) is -0.0277. The molecule has 0 fully saturated rings. The monoisotopic (exact) mass is 738 g/mol. The standard InChI is InChI=1S/C45H87NO6/c1-7-9-11-13-17-23-29-38-48-42(3)50-40-31-25-19-15-21-27-34-44(52-45(47)36-33-37-46(5)6)35-28-22-16-20-26-32-41-51-43(4)49-39-30-24-18-14-12-10-8-2/h23-24,29-30,42-44H,7-22,25-28,31-41H2,1-6H3/b29-23-,30-24-. The fourth-order valence-electron chi connectivity index (χ4n) is 6.14. The van der Waals surface area contributed by atoms with Gasteiger partial charge in [-0.2, -0.15) is 0 Å². The Labute approximate surface area is 323 Å². The molecule has 308 valence electrons. The van der Waals surface area contributed by atoms with Crippen LogP contribution in [-0.4, -0.2) is 76.6 Å². The zero-order valence-corrected chi connectivity index (χ0v) is 35.4. The van der Waals surface area contributed by atoms with Gasteiger partial charge in [-0.05, 0) is 105 Å². The summed E-state index contributed by atoms with van der Waals surface area (Å²) < 4.78 is 29.2. The smallest absolute Gasteiger partial charge is 0.306 e. The highest BCUT2D eigenvalue weighted by molar-refractivity contribution is 5.69. The number of esters is 1. The van der Waals surface area contributed by atoms with Gasteiger partial charge in [0.1, 0.15) is 6.10 Å². The number of hydrogen-bond donors (Lipinski definition) is 0. The maximum Gasteiger partial charge on any atom is 0.306 e. The largest absolute Gasteiger partial charge is 0.462 e. The van der Waals surface area contributed by atoms with Crippen LogP contribution < -0.4 is 0 Å². The lowest BCUT2D eigenvalue weighted by atomic mass is 10.0. The van der Waals surface area contributed by atoms with Crippen molar-refractivity contribution in [2.24, 2.45) is 0 Å².